The van der Waals surface area contributed by atoms with Crippen molar-refractivity contribution in [1.82, 2.24) is 5.32 Å². The summed E-state index contributed by atoms with van der Waals surface area (Å²) < 4.78 is 61.8. The fourth-order valence-electron chi connectivity index (χ4n) is 1.47. The quantitative estimate of drug-likeness (QED) is 0.643. The summed E-state index contributed by atoms with van der Waals surface area (Å²) in [4.78, 5) is 11.4. The number of rotatable bonds is 7. The van der Waals surface area contributed by atoms with Crippen molar-refractivity contribution in [3.63, 3.8) is 0 Å². The predicted molar refractivity (Wildman–Crippen MR) is 76.3 cm³/mol. The summed E-state index contributed by atoms with van der Waals surface area (Å²) in [5, 5.41) is 9.78. The molecular formula is C12H16F3N3O4S. The number of alkyl halides is 3. The topological polar surface area (TPSA) is 111 Å². The molecule has 0 spiro atoms. The van der Waals surface area contributed by atoms with Gasteiger partial charge < -0.3 is 15.4 Å². The molecule has 4 N–H and O–H groups in total. The third kappa shape index (κ3) is 8.38. The molecule has 1 aromatic carbocycles. The molecule has 0 bridgehead atoms. The highest BCUT2D eigenvalue weighted by atomic mass is 32.2. The standard InChI is InChI=1S/C12H16F3N3O4S/c13-12(14,15)8-22-7-1-6-17-11(19)18-9-2-4-10(5-3-9)23(16,20)21/h2-5H,1,6-8H2,(H2,16,20,21)(H2,17,18,19). The number of benzene rings is 1. The van der Waals surface area contributed by atoms with Gasteiger partial charge in [0.05, 0.1) is 4.90 Å². The van der Waals surface area contributed by atoms with Crippen LogP contribution in [0.15, 0.2) is 29.2 Å². The van der Waals surface area contributed by atoms with Gasteiger partial charge in [-0.2, -0.15) is 13.2 Å². The van der Waals surface area contributed by atoms with Crippen LogP contribution in [0.2, 0.25) is 0 Å². The number of urea groups is 1. The molecule has 1 aromatic rings. The maximum absolute atomic E-state index is 11.8. The first-order chi connectivity index (χ1) is 10.6. The minimum atomic E-state index is -4.37. The molecule has 0 aliphatic heterocycles. The first-order valence-electron chi connectivity index (χ1n) is 6.40. The number of anilines is 1. The van der Waals surface area contributed by atoms with Gasteiger partial charge >= 0.3 is 12.2 Å². The molecule has 0 saturated heterocycles. The lowest BCUT2D eigenvalue weighted by Gasteiger charge is -2.09. The Labute approximate surface area is 131 Å². The number of halogens is 3. The molecule has 23 heavy (non-hydrogen) atoms. The highest BCUT2D eigenvalue weighted by Crippen LogP contribution is 2.14. The molecule has 0 aromatic heterocycles. The lowest BCUT2D eigenvalue weighted by Crippen LogP contribution is -2.30. The number of ether oxygens (including phenoxy) is 1. The van der Waals surface area contributed by atoms with E-state index in [4.69, 9.17) is 5.14 Å². The van der Waals surface area contributed by atoms with Crippen molar-refractivity contribution in [2.45, 2.75) is 17.5 Å². The third-order valence-corrected chi connectivity index (χ3v) is 3.39. The van der Waals surface area contributed by atoms with Gasteiger partial charge in [-0.15, -0.1) is 0 Å². The number of amides is 2. The Hall–Kier alpha value is -1.85. The van der Waals surface area contributed by atoms with Crippen LogP contribution >= 0.6 is 0 Å². The number of carbonyl (C=O) groups is 1. The maximum atomic E-state index is 11.8. The van der Waals surface area contributed by atoms with E-state index in [0.717, 1.165) is 0 Å². The van der Waals surface area contributed by atoms with Gasteiger partial charge in [0.2, 0.25) is 10.0 Å². The van der Waals surface area contributed by atoms with E-state index in [9.17, 15) is 26.4 Å². The molecule has 0 radical (unpaired) electrons. The zero-order valence-electron chi connectivity index (χ0n) is 11.9. The molecule has 7 nitrogen and oxygen atoms in total. The highest BCUT2D eigenvalue weighted by Gasteiger charge is 2.27. The van der Waals surface area contributed by atoms with Crippen molar-refractivity contribution in [2.24, 2.45) is 5.14 Å². The van der Waals surface area contributed by atoms with Crippen molar-refractivity contribution >= 4 is 21.7 Å². The monoisotopic (exact) mass is 355 g/mol. The van der Waals surface area contributed by atoms with E-state index in [1.807, 2.05) is 0 Å². The number of sulfonamides is 1. The number of hydrogen-bond acceptors (Lipinski definition) is 4. The van der Waals surface area contributed by atoms with E-state index < -0.39 is 28.8 Å². The first-order valence-corrected chi connectivity index (χ1v) is 7.95. The molecule has 11 heteroatoms. The summed E-state index contributed by atoms with van der Waals surface area (Å²) in [5.41, 5.74) is 0.336. The fourth-order valence-corrected chi connectivity index (χ4v) is 1.98. The van der Waals surface area contributed by atoms with Crippen molar-refractivity contribution < 1.29 is 31.1 Å². The van der Waals surface area contributed by atoms with E-state index >= 15 is 0 Å². The zero-order valence-corrected chi connectivity index (χ0v) is 12.7. The molecule has 0 aliphatic carbocycles. The summed E-state index contributed by atoms with van der Waals surface area (Å²) in [6.07, 6.45) is -4.15. The molecule has 130 valence electrons. The molecular weight excluding hydrogens is 339 g/mol. The van der Waals surface area contributed by atoms with Crippen LogP contribution in [0.4, 0.5) is 23.7 Å². The number of primary sulfonamides is 1. The van der Waals surface area contributed by atoms with Crippen molar-refractivity contribution in [1.29, 1.82) is 0 Å². The maximum Gasteiger partial charge on any atom is 0.411 e. The lowest BCUT2D eigenvalue weighted by molar-refractivity contribution is -0.173. The Bertz CT molecular complexity index is 617. The van der Waals surface area contributed by atoms with Crippen molar-refractivity contribution in [3.05, 3.63) is 24.3 Å². The van der Waals surface area contributed by atoms with Gasteiger partial charge in [-0.3, -0.25) is 0 Å². The zero-order chi connectivity index (χ0) is 17.5. The van der Waals surface area contributed by atoms with Crippen LogP contribution in [0, 0.1) is 0 Å². The Kier molecular flexibility index (Phi) is 6.79. The lowest BCUT2D eigenvalue weighted by atomic mass is 10.3. The van der Waals surface area contributed by atoms with E-state index in [1.54, 1.807) is 0 Å². The molecule has 0 aliphatic rings. The summed E-state index contributed by atoms with van der Waals surface area (Å²) in [6, 6.07) is 4.59. The number of nitrogens with two attached hydrogens (primary N) is 1. The first kappa shape index (κ1) is 19.2. The average Bonchev–Trinajstić information content (AvgIpc) is 2.41. The molecule has 1 rings (SSSR count). The van der Waals surface area contributed by atoms with Gasteiger partial charge in [0.1, 0.15) is 6.61 Å². The third-order valence-electron chi connectivity index (χ3n) is 2.46. The van der Waals surface area contributed by atoms with Gasteiger partial charge in [0.15, 0.2) is 0 Å². The Morgan fingerprint density at radius 1 is 1.22 bits per heavy atom. The van der Waals surface area contributed by atoms with E-state index in [-0.39, 0.29) is 24.5 Å². The van der Waals surface area contributed by atoms with Crippen LogP contribution in [0.3, 0.4) is 0 Å². The minimum absolute atomic E-state index is 0.0923. The number of nitrogens with one attached hydrogen (secondary N) is 2. The van der Waals surface area contributed by atoms with Gasteiger partial charge in [-0.05, 0) is 30.7 Å². The number of carbonyl (C=O) groups excluding carboxylic acids is 1. The molecule has 0 unspecified atom stereocenters. The second kappa shape index (κ2) is 8.13. The van der Waals surface area contributed by atoms with Gasteiger partial charge in [0.25, 0.3) is 0 Å². The molecule has 0 heterocycles. The van der Waals surface area contributed by atoms with Crippen molar-refractivity contribution in [3.8, 4) is 0 Å². The average molecular weight is 355 g/mol. The fraction of sp³-hybridized carbons (Fsp3) is 0.417. The van der Waals surface area contributed by atoms with Crippen LogP contribution in [0.5, 0.6) is 0 Å². The Morgan fingerprint density at radius 3 is 2.35 bits per heavy atom. The van der Waals surface area contributed by atoms with E-state index in [1.165, 1.54) is 24.3 Å². The van der Waals surface area contributed by atoms with Gasteiger partial charge in [0, 0.05) is 18.8 Å². The normalized spacial score (nSPS) is 12.0. The molecule has 2 amide bonds. The van der Waals surface area contributed by atoms with Crippen LogP contribution in [-0.2, 0) is 14.8 Å². The molecule has 0 saturated carbocycles. The van der Waals surface area contributed by atoms with Crippen LogP contribution in [-0.4, -0.2) is 40.4 Å². The number of hydrogen-bond donors (Lipinski definition) is 3. The molecule has 0 fully saturated rings. The second-order valence-corrected chi connectivity index (χ2v) is 6.03. The largest absolute Gasteiger partial charge is 0.411 e. The summed E-state index contributed by atoms with van der Waals surface area (Å²) in [5.74, 6) is 0. The van der Waals surface area contributed by atoms with E-state index in [0.29, 0.717) is 5.69 Å². The molecule has 0 atom stereocenters. The van der Waals surface area contributed by atoms with Crippen LogP contribution < -0.4 is 15.8 Å². The SMILES string of the molecule is NS(=O)(=O)c1ccc(NC(=O)NCCCOCC(F)(F)F)cc1. The highest BCUT2D eigenvalue weighted by molar-refractivity contribution is 7.89. The smallest absolute Gasteiger partial charge is 0.372 e. The summed E-state index contributed by atoms with van der Waals surface area (Å²) >= 11 is 0. The second-order valence-electron chi connectivity index (χ2n) is 4.47. The summed E-state index contributed by atoms with van der Waals surface area (Å²) in [6.45, 7) is -1.34. The Morgan fingerprint density at radius 2 is 1.83 bits per heavy atom. The predicted octanol–water partition coefficient (Wildman–Crippen LogP) is 1.42. The van der Waals surface area contributed by atoms with Crippen molar-refractivity contribution in [2.75, 3.05) is 25.1 Å². The van der Waals surface area contributed by atoms with Gasteiger partial charge in [-0.1, -0.05) is 0 Å². The Balaban J connectivity index is 2.27. The van der Waals surface area contributed by atoms with Crippen LogP contribution in [0.1, 0.15) is 6.42 Å². The van der Waals surface area contributed by atoms with Gasteiger partial charge in [-0.25, -0.2) is 18.4 Å². The minimum Gasteiger partial charge on any atom is -0.372 e. The summed E-state index contributed by atoms with van der Waals surface area (Å²) in [7, 11) is -3.80. The van der Waals surface area contributed by atoms with E-state index in [2.05, 4.69) is 15.4 Å². The van der Waals surface area contributed by atoms with Crippen LogP contribution in [0.25, 0.3) is 0 Å².